The fraction of sp³-hybridized carbons (Fsp3) is 0.167. The summed E-state index contributed by atoms with van der Waals surface area (Å²) in [6.45, 7) is 3.86. The van der Waals surface area contributed by atoms with Gasteiger partial charge in [-0.15, -0.1) is 5.10 Å². The third-order valence-corrected chi connectivity index (χ3v) is 2.57. The van der Waals surface area contributed by atoms with Crippen molar-refractivity contribution < 1.29 is 4.42 Å². The number of hydrogen-bond donors (Lipinski definition) is 1. The van der Waals surface area contributed by atoms with Gasteiger partial charge in [0.25, 0.3) is 0 Å². The number of nitrogen functional groups attached to an aromatic ring is 1. The van der Waals surface area contributed by atoms with Crippen molar-refractivity contribution in [2.45, 2.75) is 13.8 Å². The number of nitrogens with two attached hydrogens (primary N) is 1. The van der Waals surface area contributed by atoms with E-state index in [4.69, 9.17) is 10.2 Å². The average Bonchev–Trinajstić information content (AvgIpc) is 2.83. The lowest BCUT2D eigenvalue weighted by Gasteiger charge is -1.98. The minimum Gasteiger partial charge on any atom is -0.458 e. The van der Waals surface area contributed by atoms with Crippen molar-refractivity contribution in [1.82, 2.24) is 14.6 Å². The van der Waals surface area contributed by atoms with E-state index in [0.29, 0.717) is 17.4 Å². The number of pyridine rings is 1. The Labute approximate surface area is 97.9 Å². The van der Waals surface area contributed by atoms with Crippen LogP contribution in [0.2, 0.25) is 0 Å². The molecule has 86 valence electrons. The van der Waals surface area contributed by atoms with E-state index in [1.54, 1.807) is 4.52 Å². The lowest BCUT2D eigenvalue weighted by atomic mass is 10.3. The molecule has 5 heteroatoms. The highest BCUT2D eigenvalue weighted by molar-refractivity contribution is 5.56. The minimum absolute atomic E-state index is 0.551. The molecule has 0 fully saturated rings. The Morgan fingerprint density at radius 2 is 2.06 bits per heavy atom. The molecule has 0 bridgehead atoms. The number of rotatable bonds is 1. The fourth-order valence-electron chi connectivity index (χ4n) is 1.81. The number of aromatic nitrogens is 3. The average molecular weight is 228 g/mol. The number of furan rings is 1. The van der Waals surface area contributed by atoms with Crippen molar-refractivity contribution in [2.75, 3.05) is 5.73 Å². The first-order valence-corrected chi connectivity index (χ1v) is 5.33. The highest BCUT2D eigenvalue weighted by Crippen LogP contribution is 2.20. The number of aryl methyl sites for hydroxylation is 2. The van der Waals surface area contributed by atoms with Gasteiger partial charge in [-0.2, -0.15) is 4.52 Å². The van der Waals surface area contributed by atoms with Gasteiger partial charge in [0, 0.05) is 0 Å². The van der Waals surface area contributed by atoms with Gasteiger partial charge in [-0.05, 0) is 43.7 Å². The Balaban J connectivity index is 2.23. The largest absolute Gasteiger partial charge is 0.458 e. The first kappa shape index (κ1) is 9.89. The summed E-state index contributed by atoms with van der Waals surface area (Å²) < 4.78 is 7.10. The van der Waals surface area contributed by atoms with E-state index in [-0.39, 0.29) is 0 Å². The zero-order valence-corrected chi connectivity index (χ0v) is 9.64. The molecule has 0 aliphatic rings. The highest BCUT2D eigenvalue weighted by Gasteiger charge is 2.11. The van der Waals surface area contributed by atoms with Crippen LogP contribution in [0.1, 0.15) is 11.3 Å². The number of anilines is 1. The van der Waals surface area contributed by atoms with Crippen molar-refractivity contribution >= 4 is 11.5 Å². The van der Waals surface area contributed by atoms with Gasteiger partial charge in [-0.1, -0.05) is 0 Å². The molecule has 3 aromatic heterocycles. The van der Waals surface area contributed by atoms with Crippen LogP contribution in [-0.2, 0) is 0 Å². The molecule has 17 heavy (non-hydrogen) atoms. The smallest absolute Gasteiger partial charge is 0.217 e. The van der Waals surface area contributed by atoms with Crippen LogP contribution < -0.4 is 5.73 Å². The quantitative estimate of drug-likeness (QED) is 0.693. The molecular weight excluding hydrogens is 216 g/mol. The lowest BCUT2D eigenvalue weighted by Crippen LogP contribution is -1.98. The van der Waals surface area contributed by atoms with Crippen molar-refractivity contribution in [3.63, 3.8) is 0 Å². The molecule has 2 N–H and O–H groups in total. The first-order chi connectivity index (χ1) is 8.13. The van der Waals surface area contributed by atoms with Gasteiger partial charge in [-0.25, -0.2) is 4.98 Å². The summed E-state index contributed by atoms with van der Waals surface area (Å²) in [5.74, 6) is 2.61. The van der Waals surface area contributed by atoms with Gasteiger partial charge in [-0.3, -0.25) is 0 Å². The SMILES string of the molecule is Cc1cc(N)n2nc(-c3ccc(C)o3)nc2c1. The van der Waals surface area contributed by atoms with E-state index < -0.39 is 0 Å². The van der Waals surface area contributed by atoms with Gasteiger partial charge in [0.2, 0.25) is 5.82 Å². The van der Waals surface area contributed by atoms with E-state index in [1.165, 1.54) is 0 Å². The lowest BCUT2D eigenvalue weighted by molar-refractivity contribution is 0.544. The number of fused-ring (bicyclic) bond motifs is 1. The number of hydrogen-bond acceptors (Lipinski definition) is 4. The van der Waals surface area contributed by atoms with Crippen LogP contribution in [0.25, 0.3) is 17.2 Å². The zero-order chi connectivity index (χ0) is 12.0. The van der Waals surface area contributed by atoms with Crippen LogP contribution >= 0.6 is 0 Å². The molecule has 0 aliphatic carbocycles. The molecule has 3 aromatic rings. The molecule has 0 unspecified atom stereocenters. The topological polar surface area (TPSA) is 69.3 Å². The van der Waals surface area contributed by atoms with Crippen molar-refractivity contribution in [1.29, 1.82) is 0 Å². The van der Waals surface area contributed by atoms with E-state index in [0.717, 1.165) is 17.0 Å². The van der Waals surface area contributed by atoms with Gasteiger partial charge in [0.05, 0.1) is 0 Å². The van der Waals surface area contributed by atoms with Crippen molar-refractivity contribution in [3.8, 4) is 11.6 Å². The highest BCUT2D eigenvalue weighted by atomic mass is 16.3. The molecule has 0 saturated heterocycles. The molecule has 0 aromatic carbocycles. The second-order valence-corrected chi connectivity index (χ2v) is 4.07. The minimum atomic E-state index is 0.551. The standard InChI is InChI=1S/C12H12N4O/c1-7-5-10(13)16-11(6-7)14-12(15-16)9-4-3-8(2)17-9/h3-6H,13H2,1-2H3. The maximum Gasteiger partial charge on any atom is 0.217 e. The van der Waals surface area contributed by atoms with Crippen LogP contribution in [0.3, 0.4) is 0 Å². The summed E-state index contributed by atoms with van der Waals surface area (Å²) in [7, 11) is 0. The molecule has 0 atom stereocenters. The Hall–Kier alpha value is -2.30. The maximum absolute atomic E-state index is 5.88. The normalized spacial score (nSPS) is 11.2. The molecular formula is C12H12N4O. The molecule has 0 amide bonds. The molecule has 3 heterocycles. The summed E-state index contributed by atoms with van der Waals surface area (Å²) >= 11 is 0. The summed E-state index contributed by atoms with van der Waals surface area (Å²) in [6, 6.07) is 7.53. The number of nitrogens with zero attached hydrogens (tertiary/aromatic N) is 3. The maximum atomic E-state index is 5.88. The fourth-order valence-corrected chi connectivity index (χ4v) is 1.81. The van der Waals surface area contributed by atoms with Crippen LogP contribution in [-0.4, -0.2) is 14.6 Å². The Morgan fingerprint density at radius 1 is 1.24 bits per heavy atom. The van der Waals surface area contributed by atoms with Gasteiger partial charge in [0.1, 0.15) is 11.6 Å². The van der Waals surface area contributed by atoms with Crippen LogP contribution in [0.4, 0.5) is 5.82 Å². The molecule has 0 saturated carbocycles. The van der Waals surface area contributed by atoms with Gasteiger partial charge >= 0.3 is 0 Å². The van der Waals surface area contributed by atoms with Gasteiger partial charge < -0.3 is 10.2 Å². The van der Waals surface area contributed by atoms with Gasteiger partial charge in [0.15, 0.2) is 11.4 Å². The predicted molar refractivity (Wildman–Crippen MR) is 64.6 cm³/mol. The third kappa shape index (κ3) is 1.56. The summed E-state index contributed by atoms with van der Waals surface area (Å²) in [5.41, 5.74) is 7.67. The van der Waals surface area contributed by atoms with Crippen LogP contribution in [0.5, 0.6) is 0 Å². The van der Waals surface area contributed by atoms with Crippen molar-refractivity contribution in [3.05, 3.63) is 35.6 Å². The Morgan fingerprint density at radius 3 is 2.76 bits per heavy atom. The van der Waals surface area contributed by atoms with Crippen LogP contribution in [0, 0.1) is 13.8 Å². The summed E-state index contributed by atoms with van der Waals surface area (Å²) in [4.78, 5) is 4.40. The molecule has 5 nitrogen and oxygen atoms in total. The second-order valence-electron chi connectivity index (χ2n) is 4.07. The zero-order valence-electron chi connectivity index (χ0n) is 9.64. The van der Waals surface area contributed by atoms with E-state index in [9.17, 15) is 0 Å². The van der Waals surface area contributed by atoms with Crippen LogP contribution in [0.15, 0.2) is 28.7 Å². The van der Waals surface area contributed by atoms with E-state index >= 15 is 0 Å². The Bertz CT molecular complexity index is 696. The Kier molecular flexibility index (Phi) is 1.95. The summed E-state index contributed by atoms with van der Waals surface area (Å²) in [6.07, 6.45) is 0. The predicted octanol–water partition coefficient (Wildman–Crippen LogP) is 2.19. The monoisotopic (exact) mass is 228 g/mol. The summed E-state index contributed by atoms with van der Waals surface area (Å²) in [5, 5.41) is 4.32. The molecule has 0 radical (unpaired) electrons. The van der Waals surface area contributed by atoms with E-state index in [2.05, 4.69) is 10.1 Å². The molecule has 0 spiro atoms. The first-order valence-electron chi connectivity index (χ1n) is 5.33. The van der Waals surface area contributed by atoms with Crippen molar-refractivity contribution in [2.24, 2.45) is 0 Å². The van der Waals surface area contributed by atoms with E-state index in [1.807, 2.05) is 38.1 Å². The third-order valence-electron chi connectivity index (χ3n) is 2.57. The molecule has 3 rings (SSSR count). The molecule has 0 aliphatic heterocycles. The second kappa shape index (κ2) is 3.35.